The number of halogens is 2. The zero-order chi connectivity index (χ0) is 14.5. The Kier molecular flexibility index (Phi) is 10.6. The fraction of sp³-hybridized carbons (Fsp3) is 0.933. The first-order valence-corrected chi connectivity index (χ1v) is 7.93. The molecule has 2 aliphatic rings. The molecule has 1 amide bonds. The van der Waals surface area contributed by atoms with Crippen LogP contribution in [0.5, 0.6) is 0 Å². The zero-order valence-corrected chi connectivity index (χ0v) is 15.2. The predicted octanol–water partition coefficient (Wildman–Crippen LogP) is 1.18. The van der Waals surface area contributed by atoms with Crippen molar-refractivity contribution in [3.05, 3.63) is 0 Å². The van der Waals surface area contributed by atoms with E-state index in [1.807, 2.05) is 0 Å². The third-order valence-corrected chi connectivity index (χ3v) is 4.77. The van der Waals surface area contributed by atoms with Crippen molar-refractivity contribution >= 4 is 30.7 Å². The van der Waals surface area contributed by atoms with Gasteiger partial charge in [-0.1, -0.05) is 19.3 Å². The van der Waals surface area contributed by atoms with E-state index in [9.17, 15) is 9.90 Å². The SMILES string of the molecule is CN(C)C(CNC(=O)C1CC(O)CN1)C1CCCCC1.Cl.Cl. The van der Waals surface area contributed by atoms with E-state index in [1.165, 1.54) is 32.1 Å². The molecule has 1 aliphatic carbocycles. The molecule has 1 aliphatic heterocycles. The highest BCUT2D eigenvalue weighted by atomic mass is 35.5. The van der Waals surface area contributed by atoms with E-state index in [-0.39, 0.29) is 42.9 Å². The fourth-order valence-electron chi connectivity index (χ4n) is 3.53. The normalized spacial score (nSPS) is 26.9. The molecule has 0 aromatic heterocycles. The van der Waals surface area contributed by atoms with Crippen molar-refractivity contribution in [1.29, 1.82) is 0 Å². The summed E-state index contributed by atoms with van der Waals surface area (Å²) in [6, 6.07) is 0.199. The lowest BCUT2D eigenvalue weighted by Crippen LogP contribution is -2.49. The van der Waals surface area contributed by atoms with Crippen LogP contribution in [0.4, 0.5) is 0 Å². The second-order valence-electron chi connectivity index (χ2n) is 6.52. The molecule has 3 atom stereocenters. The van der Waals surface area contributed by atoms with E-state index in [1.54, 1.807) is 0 Å². The third kappa shape index (κ3) is 6.20. The highest BCUT2D eigenvalue weighted by molar-refractivity contribution is 5.85. The van der Waals surface area contributed by atoms with Gasteiger partial charge in [0.2, 0.25) is 5.91 Å². The molecule has 1 heterocycles. The number of β-amino-alcohol motifs (C(OH)–C–C–N with tert-alkyl or cyclic N) is 1. The lowest BCUT2D eigenvalue weighted by atomic mass is 9.83. The van der Waals surface area contributed by atoms with Crippen LogP contribution >= 0.6 is 24.8 Å². The van der Waals surface area contributed by atoms with Crippen LogP contribution in [0.15, 0.2) is 0 Å². The minimum absolute atomic E-state index is 0. The Morgan fingerprint density at radius 3 is 2.41 bits per heavy atom. The van der Waals surface area contributed by atoms with E-state index in [2.05, 4.69) is 29.6 Å². The van der Waals surface area contributed by atoms with Gasteiger partial charge >= 0.3 is 0 Å². The number of amides is 1. The van der Waals surface area contributed by atoms with Gasteiger partial charge in [-0.3, -0.25) is 4.79 Å². The summed E-state index contributed by atoms with van der Waals surface area (Å²) < 4.78 is 0. The lowest BCUT2D eigenvalue weighted by molar-refractivity contribution is -0.123. The minimum Gasteiger partial charge on any atom is -0.392 e. The summed E-state index contributed by atoms with van der Waals surface area (Å²) in [4.78, 5) is 14.3. The van der Waals surface area contributed by atoms with Gasteiger partial charge in [-0.25, -0.2) is 0 Å². The van der Waals surface area contributed by atoms with Gasteiger partial charge in [0.15, 0.2) is 0 Å². The Balaban J connectivity index is 0.00000220. The first-order chi connectivity index (χ1) is 9.58. The smallest absolute Gasteiger partial charge is 0.237 e. The Bertz CT molecular complexity index is 326. The number of carbonyl (C=O) groups is 1. The van der Waals surface area contributed by atoms with Crippen molar-refractivity contribution < 1.29 is 9.90 Å². The summed E-state index contributed by atoms with van der Waals surface area (Å²) in [5, 5.41) is 15.6. The number of aliphatic hydroxyl groups excluding tert-OH is 1. The van der Waals surface area contributed by atoms with Gasteiger partial charge in [0.25, 0.3) is 0 Å². The molecule has 2 rings (SSSR count). The Hall–Kier alpha value is -0.0700. The average Bonchev–Trinajstić information content (AvgIpc) is 2.86. The first kappa shape index (κ1) is 21.9. The fourth-order valence-corrected chi connectivity index (χ4v) is 3.53. The minimum atomic E-state index is -0.381. The second kappa shape index (κ2) is 10.7. The van der Waals surface area contributed by atoms with Gasteiger partial charge in [0.05, 0.1) is 12.1 Å². The van der Waals surface area contributed by atoms with Crippen LogP contribution < -0.4 is 10.6 Å². The summed E-state index contributed by atoms with van der Waals surface area (Å²) in [5.74, 6) is 0.727. The van der Waals surface area contributed by atoms with Gasteiger partial charge in [-0.15, -0.1) is 24.8 Å². The number of hydrogen-bond donors (Lipinski definition) is 3. The number of likely N-dealkylation sites (N-methyl/N-ethyl adjacent to an activating group) is 1. The van der Waals surface area contributed by atoms with Crippen molar-refractivity contribution in [2.75, 3.05) is 27.2 Å². The number of hydrogen-bond acceptors (Lipinski definition) is 4. The van der Waals surface area contributed by atoms with Crippen LogP contribution in [0.1, 0.15) is 38.5 Å². The molecule has 0 radical (unpaired) electrons. The van der Waals surface area contributed by atoms with Crippen LogP contribution in [0.25, 0.3) is 0 Å². The van der Waals surface area contributed by atoms with Crippen molar-refractivity contribution in [2.45, 2.75) is 56.7 Å². The van der Waals surface area contributed by atoms with E-state index >= 15 is 0 Å². The molecule has 0 spiro atoms. The molecule has 0 aromatic rings. The average molecular weight is 356 g/mol. The first-order valence-electron chi connectivity index (χ1n) is 7.93. The summed E-state index contributed by atoms with van der Waals surface area (Å²) in [5.41, 5.74) is 0. The molecule has 0 aromatic carbocycles. The highest BCUT2D eigenvalue weighted by Crippen LogP contribution is 2.28. The molecular formula is C15H31Cl2N3O2. The maximum Gasteiger partial charge on any atom is 0.237 e. The zero-order valence-electron chi connectivity index (χ0n) is 13.6. The molecular weight excluding hydrogens is 325 g/mol. The van der Waals surface area contributed by atoms with Crippen LogP contribution in [0.2, 0.25) is 0 Å². The summed E-state index contributed by atoms with van der Waals surface area (Å²) in [6.45, 7) is 1.24. The maximum absolute atomic E-state index is 12.1. The lowest BCUT2D eigenvalue weighted by Gasteiger charge is -2.35. The van der Waals surface area contributed by atoms with Gasteiger partial charge in [0, 0.05) is 19.1 Å². The van der Waals surface area contributed by atoms with E-state index in [0.717, 1.165) is 0 Å². The van der Waals surface area contributed by atoms with Crippen molar-refractivity contribution in [3.8, 4) is 0 Å². The highest BCUT2D eigenvalue weighted by Gasteiger charge is 2.30. The van der Waals surface area contributed by atoms with Gasteiger partial charge in [-0.2, -0.15) is 0 Å². The molecule has 2 fully saturated rings. The van der Waals surface area contributed by atoms with Crippen LogP contribution in [-0.4, -0.2) is 61.3 Å². The topological polar surface area (TPSA) is 64.6 Å². The van der Waals surface area contributed by atoms with Crippen molar-refractivity contribution in [1.82, 2.24) is 15.5 Å². The summed E-state index contributed by atoms with van der Waals surface area (Å²) in [7, 11) is 4.20. The maximum atomic E-state index is 12.1. The Morgan fingerprint density at radius 1 is 1.27 bits per heavy atom. The van der Waals surface area contributed by atoms with Crippen LogP contribution in [-0.2, 0) is 4.79 Å². The van der Waals surface area contributed by atoms with E-state index in [4.69, 9.17) is 0 Å². The molecule has 5 nitrogen and oxygen atoms in total. The molecule has 0 bridgehead atoms. The molecule has 1 saturated carbocycles. The number of nitrogens with one attached hydrogen (secondary N) is 2. The second-order valence-corrected chi connectivity index (χ2v) is 6.52. The standard InChI is InChI=1S/C15H29N3O2.2ClH/c1-18(2)14(11-6-4-3-5-7-11)10-17-15(20)13-8-12(19)9-16-13;;/h11-14,16,19H,3-10H2,1-2H3,(H,17,20);2*1H. The molecule has 22 heavy (non-hydrogen) atoms. The molecule has 3 N–H and O–H groups in total. The van der Waals surface area contributed by atoms with Crippen molar-refractivity contribution in [3.63, 3.8) is 0 Å². The quantitative estimate of drug-likeness (QED) is 0.692. The van der Waals surface area contributed by atoms with Crippen LogP contribution in [0.3, 0.4) is 0 Å². The van der Waals surface area contributed by atoms with Gasteiger partial charge in [0.1, 0.15) is 0 Å². The summed E-state index contributed by atoms with van der Waals surface area (Å²) >= 11 is 0. The number of nitrogens with zero attached hydrogens (tertiary/aromatic N) is 1. The molecule has 3 unspecified atom stereocenters. The van der Waals surface area contributed by atoms with Crippen molar-refractivity contribution in [2.24, 2.45) is 5.92 Å². The molecule has 132 valence electrons. The largest absolute Gasteiger partial charge is 0.392 e. The van der Waals surface area contributed by atoms with Crippen LogP contribution in [0, 0.1) is 5.92 Å². The molecule has 7 heteroatoms. The third-order valence-electron chi connectivity index (χ3n) is 4.77. The number of rotatable bonds is 5. The summed E-state index contributed by atoms with van der Waals surface area (Å²) in [6.07, 6.45) is 6.69. The monoisotopic (exact) mass is 355 g/mol. The van der Waals surface area contributed by atoms with E-state index < -0.39 is 0 Å². The van der Waals surface area contributed by atoms with E-state index in [0.29, 0.717) is 31.5 Å². The number of aliphatic hydroxyl groups is 1. The molecule has 1 saturated heterocycles. The number of carbonyl (C=O) groups excluding carboxylic acids is 1. The van der Waals surface area contributed by atoms with Gasteiger partial charge in [-0.05, 0) is 39.3 Å². The predicted molar refractivity (Wildman–Crippen MR) is 94.0 cm³/mol. The Morgan fingerprint density at radius 2 is 1.91 bits per heavy atom. The Labute approximate surface area is 146 Å². The van der Waals surface area contributed by atoms with Gasteiger partial charge < -0.3 is 20.6 Å².